The normalized spacial score (nSPS) is 13.8. The van der Waals surface area contributed by atoms with Crippen LogP contribution in [0.2, 0.25) is 0 Å². The summed E-state index contributed by atoms with van der Waals surface area (Å²) in [7, 11) is 0. The second kappa shape index (κ2) is 5.01. The molecule has 1 heterocycles. The Morgan fingerprint density at radius 1 is 1.62 bits per heavy atom. The Kier molecular flexibility index (Phi) is 4.15. The first-order valence-electron chi connectivity index (χ1n) is 5.11. The number of amides is 1. The van der Waals surface area contributed by atoms with Gasteiger partial charge in [0.2, 0.25) is 5.91 Å². The number of hydrogen-bond acceptors (Lipinski definition) is 3. The summed E-state index contributed by atoms with van der Waals surface area (Å²) in [5.41, 5.74) is 4.73. The molecule has 1 aromatic heterocycles. The second-order valence-electron chi connectivity index (χ2n) is 4.49. The lowest BCUT2D eigenvalue weighted by atomic mass is 9.92. The molecule has 0 aromatic carbocycles. The number of halogens is 1. The van der Waals surface area contributed by atoms with Gasteiger partial charge in [0.25, 0.3) is 0 Å². The molecule has 0 aliphatic heterocycles. The van der Waals surface area contributed by atoms with Gasteiger partial charge in [0.1, 0.15) is 5.76 Å². The van der Waals surface area contributed by atoms with Gasteiger partial charge in [-0.15, -0.1) is 0 Å². The first-order valence-corrected chi connectivity index (χ1v) is 5.91. The Hall–Kier alpha value is -0.810. The molecule has 0 aliphatic carbocycles. The van der Waals surface area contributed by atoms with Crippen molar-refractivity contribution in [2.24, 2.45) is 11.1 Å². The monoisotopic (exact) mass is 288 g/mol. The number of nitrogens with one attached hydrogen (secondary N) is 1. The van der Waals surface area contributed by atoms with Gasteiger partial charge < -0.3 is 15.5 Å². The van der Waals surface area contributed by atoms with Gasteiger partial charge in [0.05, 0.1) is 11.5 Å². The number of carbonyl (C=O) groups is 1. The molecule has 0 radical (unpaired) electrons. The third-order valence-electron chi connectivity index (χ3n) is 2.54. The van der Waals surface area contributed by atoms with Gasteiger partial charge in [-0.2, -0.15) is 0 Å². The summed E-state index contributed by atoms with van der Waals surface area (Å²) in [6.07, 6.45) is 0. The Morgan fingerprint density at radius 3 is 2.69 bits per heavy atom. The smallest absolute Gasteiger partial charge is 0.224 e. The van der Waals surface area contributed by atoms with Gasteiger partial charge in [0, 0.05) is 6.54 Å². The van der Waals surface area contributed by atoms with E-state index in [9.17, 15) is 4.79 Å². The van der Waals surface area contributed by atoms with Gasteiger partial charge >= 0.3 is 0 Å². The molecule has 1 aromatic rings. The van der Waals surface area contributed by atoms with Crippen LogP contribution in [0.5, 0.6) is 0 Å². The van der Waals surface area contributed by atoms with Gasteiger partial charge in [-0.05, 0) is 48.8 Å². The molecule has 1 unspecified atom stereocenters. The number of rotatable bonds is 5. The number of primary amides is 1. The summed E-state index contributed by atoms with van der Waals surface area (Å²) in [4.78, 5) is 11.1. The predicted octanol–water partition coefficient (Wildman–Crippen LogP) is 2.20. The van der Waals surface area contributed by atoms with Gasteiger partial charge in [0.15, 0.2) is 4.67 Å². The highest BCUT2D eigenvalue weighted by Gasteiger charge is 2.25. The van der Waals surface area contributed by atoms with E-state index in [4.69, 9.17) is 10.2 Å². The summed E-state index contributed by atoms with van der Waals surface area (Å²) in [5, 5.41) is 3.22. The van der Waals surface area contributed by atoms with Crippen LogP contribution < -0.4 is 11.1 Å². The second-order valence-corrected chi connectivity index (χ2v) is 5.27. The summed E-state index contributed by atoms with van der Waals surface area (Å²) in [6, 6.07) is 3.77. The van der Waals surface area contributed by atoms with Crippen LogP contribution in [0.15, 0.2) is 21.2 Å². The van der Waals surface area contributed by atoms with Crippen molar-refractivity contribution in [3.8, 4) is 0 Å². The van der Waals surface area contributed by atoms with Crippen molar-refractivity contribution in [3.05, 3.63) is 22.6 Å². The highest BCUT2D eigenvalue weighted by Crippen LogP contribution is 2.21. The lowest BCUT2D eigenvalue weighted by molar-refractivity contribution is -0.125. The summed E-state index contributed by atoms with van der Waals surface area (Å²) >= 11 is 3.25. The van der Waals surface area contributed by atoms with E-state index in [1.165, 1.54) is 0 Å². The van der Waals surface area contributed by atoms with Crippen molar-refractivity contribution in [2.75, 3.05) is 6.54 Å². The molecule has 0 saturated carbocycles. The molecule has 16 heavy (non-hydrogen) atoms. The molecule has 0 bridgehead atoms. The highest BCUT2D eigenvalue weighted by atomic mass is 79.9. The van der Waals surface area contributed by atoms with E-state index in [-0.39, 0.29) is 11.9 Å². The molecule has 1 amide bonds. The Bertz CT molecular complexity index is 374. The van der Waals surface area contributed by atoms with Crippen LogP contribution in [0.1, 0.15) is 32.6 Å². The van der Waals surface area contributed by atoms with E-state index in [1.54, 1.807) is 0 Å². The third-order valence-corrected chi connectivity index (χ3v) is 2.96. The van der Waals surface area contributed by atoms with Crippen molar-refractivity contribution in [1.29, 1.82) is 0 Å². The van der Waals surface area contributed by atoms with E-state index in [0.29, 0.717) is 11.2 Å². The SMILES string of the molecule is CC(NCC(C)(C)C(N)=O)c1ccc(Br)o1. The van der Waals surface area contributed by atoms with Crippen molar-refractivity contribution >= 4 is 21.8 Å². The van der Waals surface area contributed by atoms with Gasteiger partial charge in [-0.3, -0.25) is 4.79 Å². The topological polar surface area (TPSA) is 68.3 Å². The summed E-state index contributed by atoms with van der Waals surface area (Å²) in [6.45, 7) is 6.12. The molecule has 4 nitrogen and oxygen atoms in total. The molecule has 0 aliphatic rings. The van der Waals surface area contributed by atoms with E-state index in [0.717, 1.165) is 5.76 Å². The van der Waals surface area contributed by atoms with Crippen molar-refractivity contribution in [1.82, 2.24) is 5.32 Å². The van der Waals surface area contributed by atoms with Crippen LogP contribution in [0.4, 0.5) is 0 Å². The minimum absolute atomic E-state index is 0.0462. The van der Waals surface area contributed by atoms with Crippen LogP contribution in [0.3, 0.4) is 0 Å². The zero-order chi connectivity index (χ0) is 12.3. The molecule has 90 valence electrons. The zero-order valence-corrected chi connectivity index (χ0v) is 11.3. The van der Waals surface area contributed by atoms with Crippen LogP contribution >= 0.6 is 15.9 Å². The summed E-state index contributed by atoms with van der Waals surface area (Å²) < 4.78 is 6.11. The fraction of sp³-hybridized carbons (Fsp3) is 0.545. The maximum atomic E-state index is 11.1. The van der Waals surface area contributed by atoms with Gasteiger partial charge in [-0.25, -0.2) is 0 Å². The standard InChI is InChI=1S/C11H17BrN2O2/c1-7(8-4-5-9(12)16-8)14-6-11(2,3)10(13)15/h4-5,7,14H,6H2,1-3H3,(H2,13,15). The average Bonchev–Trinajstić information content (AvgIpc) is 2.61. The molecule has 0 saturated heterocycles. The van der Waals surface area contributed by atoms with Crippen molar-refractivity contribution < 1.29 is 9.21 Å². The maximum absolute atomic E-state index is 11.1. The quantitative estimate of drug-likeness (QED) is 0.873. The van der Waals surface area contributed by atoms with E-state index < -0.39 is 5.41 Å². The summed E-state index contributed by atoms with van der Waals surface area (Å²) in [5.74, 6) is 0.514. The molecule has 1 atom stereocenters. The lowest BCUT2D eigenvalue weighted by Crippen LogP contribution is -2.41. The predicted molar refractivity (Wildman–Crippen MR) is 65.8 cm³/mol. The molecule has 3 N–H and O–H groups in total. The number of furan rings is 1. The Labute approximate surface area is 104 Å². The van der Waals surface area contributed by atoms with Crippen molar-refractivity contribution in [2.45, 2.75) is 26.8 Å². The number of hydrogen-bond donors (Lipinski definition) is 2. The maximum Gasteiger partial charge on any atom is 0.224 e. The number of carbonyl (C=O) groups excluding carboxylic acids is 1. The van der Waals surface area contributed by atoms with Gasteiger partial charge in [-0.1, -0.05) is 0 Å². The van der Waals surface area contributed by atoms with E-state index in [2.05, 4.69) is 21.2 Å². The van der Waals surface area contributed by atoms with Crippen LogP contribution in [0, 0.1) is 5.41 Å². The Morgan fingerprint density at radius 2 is 2.25 bits per heavy atom. The van der Waals surface area contributed by atoms with Crippen molar-refractivity contribution in [3.63, 3.8) is 0 Å². The van der Waals surface area contributed by atoms with Crippen LogP contribution in [0.25, 0.3) is 0 Å². The van der Waals surface area contributed by atoms with Crippen LogP contribution in [-0.4, -0.2) is 12.5 Å². The Balaban J connectivity index is 2.53. The van der Waals surface area contributed by atoms with E-state index >= 15 is 0 Å². The molecule has 5 heteroatoms. The molecule has 0 fully saturated rings. The first kappa shape index (κ1) is 13.3. The minimum Gasteiger partial charge on any atom is -0.453 e. The largest absolute Gasteiger partial charge is 0.453 e. The lowest BCUT2D eigenvalue weighted by Gasteiger charge is -2.23. The molecular formula is C11H17BrN2O2. The van der Waals surface area contributed by atoms with Crippen LogP contribution in [-0.2, 0) is 4.79 Å². The first-order chi connectivity index (χ1) is 7.33. The third kappa shape index (κ3) is 3.35. The fourth-order valence-corrected chi connectivity index (χ4v) is 1.48. The average molecular weight is 289 g/mol. The molecule has 0 spiro atoms. The number of nitrogens with two attached hydrogens (primary N) is 1. The van der Waals surface area contributed by atoms with E-state index in [1.807, 2.05) is 32.9 Å². The zero-order valence-electron chi connectivity index (χ0n) is 9.71. The minimum atomic E-state index is -0.557. The highest BCUT2D eigenvalue weighted by molar-refractivity contribution is 9.10. The molecule has 1 rings (SSSR count). The molecular weight excluding hydrogens is 272 g/mol. The fourth-order valence-electron chi connectivity index (χ4n) is 1.16.